The molecule has 0 unspecified atom stereocenters. The van der Waals surface area contributed by atoms with Crippen molar-refractivity contribution >= 4 is 194 Å². The molecule has 130 heavy (non-hydrogen) atoms. The second kappa shape index (κ2) is 47.2. The van der Waals surface area contributed by atoms with Gasteiger partial charge in [-0.15, -0.1) is 0 Å². The number of nitrogens with zero attached hydrogens (tertiary/aromatic N) is 2. The fourth-order valence-electron chi connectivity index (χ4n) is 12.1. The lowest BCUT2D eigenvalue weighted by Crippen LogP contribution is -2.51. The topological polar surface area (TPSA) is 496 Å². The fourth-order valence-corrected chi connectivity index (χ4v) is 13.4. The van der Waals surface area contributed by atoms with E-state index in [4.69, 9.17) is 75.8 Å². The molecule has 692 valence electrons. The molecule has 40 heteroatoms. The molecular weight excluding hydrogens is 1840 g/mol. The molecule has 0 fully saturated rings. The normalized spacial score (nSPS) is 12.0. The van der Waals surface area contributed by atoms with Gasteiger partial charge in [-0.2, -0.15) is 0 Å². The SMILES string of the molecule is C=C(C)C(=O)OCC(COC(=O)C(=C)C)OC(=O)CCC(=O)OCC(COC(=O)CCC(=O)OC(COC(=O)C(=C)C)COC(=O)C(=C)C)N1C(=O)c2ccc3c4c(Br)cc5c6c(ccc(c7c(Br)cc(c2c37)C1=O)c64)C(=O)N(C(COC(=O)CCC(=O)OC(COC(=O)C(=C)C)COC(=O)C(=C)C)COC(=O)CCC(=O)OC(COC(=O)C(=C)C)COC(=O)C(=C)C)C5=O. The number of hydrogen-bond acceptors (Lipinski definition) is 36. The molecule has 2 aliphatic heterocycles. The van der Waals surface area contributed by atoms with Crippen LogP contribution in [0.4, 0.5) is 0 Å². The number of carbonyl (C=O) groups excluding carboxylic acids is 20. The summed E-state index contributed by atoms with van der Waals surface area (Å²) >= 11 is 7.31. The van der Waals surface area contributed by atoms with E-state index in [2.05, 4.69) is 84.5 Å². The summed E-state index contributed by atoms with van der Waals surface area (Å²) in [4.78, 5) is 269. The number of imide groups is 2. The van der Waals surface area contributed by atoms with Crippen molar-refractivity contribution in [1.82, 2.24) is 9.80 Å². The maximum atomic E-state index is 15.5. The molecule has 2 aliphatic rings. The Balaban J connectivity index is 1.21. The van der Waals surface area contributed by atoms with Crippen molar-refractivity contribution < 1.29 is 172 Å². The van der Waals surface area contributed by atoms with Gasteiger partial charge in [-0.05, 0) is 90.4 Å². The van der Waals surface area contributed by atoms with Crippen molar-refractivity contribution in [3.8, 4) is 0 Å². The number of carbonyl (C=O) groups is 20. The van der Waals surface area contributed by atoms with E-state index < -0.39 is 286 Å². The number of rotatable bonds is 50. The van der Waals surface area contributed by atoms with Crippen LogP contribution in [0.15, 0.2) is 143 Å². The zero-order valence-electron chi connectivity index (χ0n) is 72.1. The van der Waals surface area contributed by atoms with Crippen molar-refractivity contribution in [2.75, 3.05) is 79.3 Å². The Kier molecular flexibility index (Phi) is 37.5. The first kappa shape index (κ1) is 103. The Morgan fingerprint density at radius 2 is 0.438 bits per heavy atom. The molecule has 2 heterocycles. The second-order valence-corrected chi connectivity index (χ2v) is 31.6. The quantitative estimate of drug-likeness (QED) is 0.00874. The zero-order valence-corrected chi connectivity index (χ0v) is 75.2. The van der Waals surface area contributed by atoms with Crippen LogP contribution in [0.1, 0.15) is 148 Å². The van der Waals surface area contributed by atoms with Crippen LogP contribution < -0.4 is 0 Å². The highest BCUT2D eigenvalue weighted by molar-refractivity contribution is 9.11. The van der Waals surface area contributed by atoms with Crippen molar-refractivity contribution in [2.45, 2.75) is 143 Å². The van der Waals surface area contributed by atoms with Gasteiger partial charge < -0.3 is 75.8 Å². The van der Waals surface area contributed by atoms with E-state index in [9.17, 15) is 76.7 Å². The largest absolute Gasteiger partial charge is 0.463 e. The Bertz CT molecular complexity index is 4920. The molecule has 0 aromatic heterocycles. The second-order valence-electron chi connectivity index (χ2n) is 29.9. The predicted octanol–water partition coefficient (Wildman–Crippen LogP) is 9.09. The third-order valence-corrected chi connectivity index (χ3v) is 19.8. The van der Waals surface area contributed by atoms with Crippen LogP contribution in [0.25, 0.3) is 43.1 Å². The Labute approximate surface area is 758 Å². The minimum absolute atomic E-state index is 0.0170. The molecule has 0 saturated heterocycles. The molecule has 0 bridgehead atoms. The molecular formula is C90H92Br2N2O36. The van der Waals surface area contributed by atoms with E-state index in [-0.39, 0.29) is 97.3 Å². The molecule has 0 radical (unpaired) electrons. The van der Waals surface area contributed by atoms with E-state index in [1.807, 2.05) is 0 Å². The first-order valence-corrected chi connectivity index (χ1v) is 41.2. The Morgan fingerprint density at radius 3 is 0.631 bits per heavy atom. The minimum Gasteiger partial charge on any atom is -0.463 e. The average molecular weight is 1940 g/mol. The summed E-state index contributed by atoms with van der Waals surface area (Å²) in [5, 5.41) is 1.91. The summed E-state index contributed by atoms with van der Waals surface area (Å²) in [5.74, 6) is -20.1. The van der Waals surface area contributed by atoms with Gasteiger partial charge in [-0.25, -0.2) is 38.4 Å². The smallest absolute Gasteiger partial charge is 0.333 e. The highest BCUT2D eigenvalue weighted by Gasteiger charge is 2.44. The molecule has 5 aromatic carbocycles. The average Bonchev–Trinajstić information content (AvgIpc) is 0.680. The van der Waals surface area contributed by atoms with Crippen LogP contribution in [0.5, 0.6) is 0 Å². The summed E-state index contributed by atoms with van der Waals surface area (Å²) in [7, 11) is 0. The molecule has 0 saturated carbocycles. The van der Waals surface area contributed by atoms with Crippen LogP contribution in [-0.2, 0) is 153 Å². The number of hydrogen-bond donors (Lipinski definition) is 0. The van der Waals surface area contributed by atoms with Crippen LogP contribution >= 0.6 is 31.9 Å². The lowest BCUT2D eigenvalue weighted by molar-refractivity contribution is -0.165. The number of amides is 4. The van der Waals surface area contributed by atoms with Gasteiger partial charge in [-0.3, -0.25) is 67.3 Å². The third-order valence-electron chi connectivity index (χ3n) is 18.6. The molecule has 0 atom stereocenters. The highest BCUT2D eigenvalue weighted by Crippen LogP contribution is 2.51. The van der Waals surface area contributed by atoms with Crippen molar-refractivity contribution in [3.05, 3.63) is 165 Å². The number of fused-ring (bicyclic) bond motifs is 2. The summed E-state index contributed by atoms with van der Waals surface area (Å²) in [6.07, 6.45) is -11.5. The number of benzene rings is 5. The monoisotopic (exact) mass is 1930 g/mol. The van der Waals surface area contributed by atoms with Crippen LogP contribution in [0.2, 0.25) is 0 Å². The number of ether oxygens (including phenoxy) is 16. The summed E-state index contributed by atoms with van der Waals surface area (Å²) in [6.45, 7) is 30.0. The van der Waals surface area contributed by atoms with Gasteiger partial charge in [0.05, 0.1) is 51.4 Å². The Hall–Kier alpha value is -13.9. The van der Waals surface area contributed by atoms with Gasteiger partial charge in [0.2, 0.25) is 0 Å². The van der Waals surface area contributed by atoms with Gasteiger partial charge in [-0.1, -0.05) is 96.6 Å². The molecule has 7 rings (SSSR count). The summed E-state index contributed by atoms with van der Waals surface area (Å²) < 4.78 is 85.0. The summed E-state index contributed by atoms with van der Waals surface area (Å²) in [6, 6.07) is 5.01. The first-order valence-electron chi connectivity index (χ1n) is 39.6. The van der Waals surface area contributed by atoms with E-state index in [0.717, 1.165) is 0 Å². The van der Waals surface area contributed by atoms with E-state index >= 15 is 19.2 Å². The van der Waals surface area contributed by atoms with Crippen molar-refractivity contribution in [2.24, 2.45) is 0 Å². The lowest BCUT2D eigenvalue weighted by atomic mass is 9.82. The molecule has 0 spiro atoms. The molecule has 0 aliphatic carbocycles. The van der Waals surface area contributed by atoms with Crippen LogP contribution in [-0.4, -0.2) is 245 Å². The molecule has 4 amide bonds. The van der Waals surface area contributed by atoms with Crippen molar-refractivity contribution in [1.29, 1.82) is 0 Å². The van der Waals surface area contributed by atoms with Crippen LogP contribution in [0.3, 0.4) is 0 Å². The van der Waals surface area contributed by atoms with Gasteiger partial charge in [0.1, 0.15) is 91.4 Å². The van der Waals surface area contributed by atoms with E-state index in [1.54, 1.807) is 0 Å². The molecule has 5 aromatic rings. The summed E-state index contributed by atoms with van der Waals surface area (Å²) in [5.41, 5.74) is -0.771. The third kappa shape index (κ3) is 28.0. The minimum atomic E-state index is -1.72. The Morgan fingerprint density at radius 1 is 0.254 bits per heavy atom. The number of halogens is 2. The first-order chi connectivity index (χ1) is 61.2. The fraction of sp³-hybridized carbons (Fsp3) is 0.378. The maximum absolute atomic E-state index is 15.5. The highest BCUT2D eigenvalue weighted by atomic mass is 79.9. The van der Waals surface area contributed by atoms with Gasteiger partial charge in [0.15, 0.2) is 24.4 Å². The van der Waals surface area contributed by atoms with Gasteiger partial charge >= 0.3 is 95.5 Å². The molecule has 0 N–H and O–H groups in total. The maximum Gasteiger partial charge on any atom is 0.333 e. The van der Waals surface area contributed by atoms with Crippen molar-refractivity contribution in [3.63, 3.8) is 0 Å². The van der Waals surface area contributed by atoms with Gasteiger partial charge in [0, 0.05) is 108 Å². The lowest BCUT2D eigenvalue weighted by Gasteiger charge is -2.35. The van der Waals surface area contributed by atoms with E-state index in [0.29, 0.717) is 31.3 Å². The predicted molar refractivity (Wildman–Crippen MR) is 458 cm³/mol. The number of esters is 16. The standard InChI is InChI=1S/C90H92Br2N2O36/c1-43(2)83(107)119-35-53(36-120-84(108)44(3)4)127-69(99)25-21-65(95)115-31-51(32-116-66(96)22-26-70(100)128-54(37-121-85(109)45(5)6)38-122-86(110)46(7)8)93-79(103)59-19-17-57-76-64(92)30-62-74-60(20-18-58(78(74)76)75-63(91)29-61(81(93)105)73(59)77(57)75)80(104)94(82(62)106)52(33-117-67(97)23-27-71(101)129-55(39-123-87(111)47(9)10)40-124-88(112)48(11)12)34-118-68(98)24-28-72(102)130-56(41-125-89(113)49(13)14)42-126-90(114)50(15)16/h17-20,29-30,51-56H,1,3,5,7,9,11,13,15,21-28,31-42H2,2,4,6,8,10,12,14,16H3. The molecule has 38 nitrogen and oxygen atoms in total. The van der Waals surface area contributed by atoms with Crippen LogP contribution in [0, 0.1) is 0 Å². The van der Waals surface area contributed by atoms with E-state index in [1.165, 1.54) is 91.8 Å². The zero-order chi connectivity index (χ0) is 96.6. The van der Waals surface area contributed by atoms with Gasteiger partial charge in [0.25, 0.3) is 23.6 Å².